The van der Waals surface area contributed by atoms with Crippen molar-refractivity contribution in [1.82, 2.24) is 4.90 Å². The number of hydrogen-bond donors (Lipinski definition) is 1. The Balaban J connectivity index is 1.79. The van der Waals surface area contributed by atoms with Crippen LogP contribution in [-0.2, 0) is 14.3 Å². The van der Waals surface area contributed by atoms with Crippen LogP contribution in [0.3, 0.4) is 0 Å². The van der Waals surface area contributed by atoms with Gasteiger partial charge in [0.05, 0.1) is 18.2 Å². The monoisotopic (exact) mass is 463 g/mol. The maximum atomic E-state index is 13.0. The van der Waals surface area contributed by atoms with Crippen molar-refractivity contribution in [2.45, 2.75) is 6.04 Å². The van der Waals surface area contributed by atoms with Crippen LogP contribution in [0.1, 0.15) is 17.2 Å². The number of methoxy groups -OCH3 is 1. The highest BCUT2D eigenvalue weighted by atomic mass is 35.5. The molecule has 0 aromatic heterocycles. The molecule has 1 atom stereocenters. The number of ketones is 1. The summed E-state index contributed by atoms with van der Waals surface area (Å²) in [5.74, 6) is -0.504. The lowest BCUT2D eigenvalue weighted by molar-refractivity contribution is -0.140. The first-order valence-electron chi connectivity index (χ1n) is 10.4. The van der Waals surface area contributed by atoms with Crippen LogP contribution in [-0.4, -0.2) is 42.0 Å². The number of amides is 1. The van der Waals surface area contributed by atoms with Crippen LogP contribution < -0.4 is 4.74 Å². The molecule has 1 amide bonds. The Morgan fingerprint density at radius 2 is 1.67 bits per heavy atom. The van der Waals surface area contributed by atoms with Gasteiger partial charge < -0.3 is 19.5 Å². The SMILES string of the molecule is COCCN1C(=O)C(=O)C(=C(O)c2ccc(Cl)cc2)C1c1cccc(Oc2ccccc2)c1. The van der Waals surface area contributed by atoms with Crippen LogP contribution in [0.2, 0.25) is 5.02 Å². The molecule has 0 saturated carbocycles. The zero-order chi connectivity index (χ0) is 23.4. The summed E-state index contributed by atoms with van der Waals surface area (Å²) < 4.78 is 11.1. The Hall–Kier alpha value is -3.61. The first-order chi connectivity index (χ1) is 16.0. The van der Waals surface area contributed by atoms with Gasteiger partial charge in [-0.25, -0.2) is 0 Å². The average Bonchev–Trinajstić information content (AvgIpc) is 3.08. The number of carbonyl (C=O) groups is 2. The summed E-state index contributed by atoms with van der Waals surface area (Å²) in [5, 5.41) is 11.5. The number of likely N-dealkylation sites (tertiary alicyclic amines) is 1. The number of carbonyl (C=O) groups excluding carboxylic acids is 2. The zero-order valence-electron chi connectivity index (χ0n) is 17.9. The lowest BCUT2D eigenvalue weighted by Crippen LogP contribution is -2.32. The van der Waals surface area contributed by atoms with E-state index in [4.69, 9.17) is 21.1 Å². The van der Waals surface area contributed by atoms with Crippen molar-refractivity contribution < 1.29 is 24.2 Å². The van der Waals surface area contributed by atoms with Gasteiger partial charge in [-0.2, -0.15) is 0 Å². The molecule has 1 heterocycles. The molecule has 1 saturated heterocycles. The van der Waals surface area contributed by atoms with E-state index in [0.717, 1.165) is 0 Å². The van der Waals surface area contributed by atoms with Crippen LogP contribution >= 0.6 is 11.6 Å². The van der Waals surface area contributed by atoms with Gasteiger partial charge in [-0.3, -0.25) is 9.59 Å². The van der Waals surface area contributed by atoms with Gasteiger partial charge >= 0.3 is 0 Å². The first-order valence-corrected chi connectivity index (χ1v) is 10.7. The third-order valence-corrected chi connectivity index (χ3v) is 5.60. The lowest BCUT2D eigenvalue weighted by atomic mass is 9.95. The van der Waals surface area contributed by atoms with Crippen LogP contribution in [0.25, 0.3) is 5.76 Å². The molecule has 0 aliphatic carbocycles. The number of para-hydroxylation sites is 1. The number of hydrogen-bond acceptors (Lipinski definition) is 5. The topological polar surface area (TPSA) is 76.1 Å². The molecule has 4 rings (SSSR count). The highest BCUT2D eigenvalue weighted by molar-refractivity contribution is 6.46. The smallest absolute Gasteiger partial charge is 0.295 e. The number of aliphatic hydroxyl groups is 1. The van der Waals surface area contributed by atoms with Gasteiger partial charge in [0.2, 0.25) is 0 Å². The summed E-state index contributed by atoms with van der Waals surface area (Å²) in [4.78, 5) is 27.3. The summed E-state index contributed by atoms with van der Waals surface area (Å²) in [6.45, 7) is 0.428. The third kappa shape index (κ3) is 4.77. The van der Waals surface area contributed by atoms with Crippen LogP contribution in [0.15, 0.2) is 84.4 Å². The molecule has 33 heavy (non-hydrogen) atoms. The van der Waals surface area contributed by atoms with E-state index in [1.54, 1.807) is 48.5 Å². The fraction of sp³-hybridized carbons (Fsp3) is 0.154. The standard InChI is InChI=1S/C26H22ClNO5/c1-32-15-14-28-23(18-6-5-9-21(16-18)33-20-7-3-2-4-8-20)22(25(30)26(28)31)24(29)17-10-12-19(27)13-11-17/h2-13,16,23,29H,14-15H2,1H3. The van der Waals surface area contributed by atoms with Gasteiger partial charge in [-0.05, 0) is 54.1 Å². The molecular weight excluding hydrogens is 442 g/mol. The van der Waals surface area contributed by atoms with E-state index in [1.165, 1.54) is 12.0 Å². The van der Waals surface area contributed by atoms with E-state index in [0.29, 0.717) is 27.6 Å². The van der Waals surface area contributed by atoms with Crippen molar-refractivity contribution in [3.05, 3.63) is 101 Å². The number of halogens is 1. The van der Waals surface area contributed by atoms with Crippen molar-refractivity contribution in [3.8, 4) is 11.5 Å². The minimum Gasteiger partial charge on any atom is -0.507 e. The number of ether oxygens (including phenoxy) is 2. The number of nitrogens with zero attached hydrogens (tertiary/aromatic N) is 1. The molecule has 0 spiro atoms. The Labute approximate surface area is 196 Å². The normalized spacial score (nSPS) is 17.4. The van der Waals surface area contributed by atoms with Gasteiger partial charge in [-0.1, -0.05) is 41.9 Å². The van der Waals surface area contributed by atoms with Gasteiger partial charge in [0.15, 0.2) is 0 Å². The van der Waals surface area contributed by atoms with Crippen LogP contribution in [0.4, 0.5) is 0 Å². The highest BCUT2D eigenvalue weighted by Crippen LogP contribution is 2.40. The Morgan fingerprint density at radius 1 is 0.970 bits per heavy atom. The maximum absolute atomic E-state index is 13.0. The van der Waals surface area contributed by atoms with E-state index in [-0.39, 0.29) is 24.5 Å². The zero-order valence-corrected chi connectivity index (χ0v) is 18.7. The van der Waals surface area contributed by atoms with E-state index >= 15 is 0 Å². The van der Waals surface area contributed by atoms with Gasteiger partial charge in [0.1, 0.15) is 17.3 Å². The molecule has 1 aliphatic rings. The largest absolute Gasteiger partial charge is 0.507 e. The molecule has 168 valence electrons. The lowest BCUT2D eigenvalue weighted by Gasteiger charge is -2.25. The predicted molar refractivity (Wildman–Crippen MR) is 125 cm³/mol. The molecule has 3 aromatic carbocycles. The summed E-state index contributed by atoms with van der Waals surface area (Å²) in [5.41, 5.74) is 1.04. The molecular formula is C26H22ClNO5. The molecule has 7 heteroatoms. The van der Waals surface area contributed by atoms with Gasteiger partial charge in [-0.15, -0.1) is 0 Å². The molecule has 1 N–H and O–H groups in total. The van der Waals surface area contributed by atoms with Gasteiger partial charge in [0, 0.05) is 24.2 Å². The summed E-state index contributed by atoms with van der Waals surface area (Å²) in [6.07, 6.45) is 0. The summed E-state index contributed by atoms with van der Waals surface area (Å²) in [6, 6.07) is 22.1. The summed E-state index contributed by atoms with van der Waals surface area (Å²) in [7, 11) is 1.52. The minimum absolute atomic E-state index is 0.00952. The second-order valence-corrected chi connectivity index (χ2v) is 7.92. The van der Waals surface area contributed by atoms with E-state index in [1.807, 2.05) is 30.3 Å². The van der Waals surface area contributed by atoms with Crippen molar-refractivity contribution in [2.24, 2.45) is 0 Å². The second kappa shape index (κ2) is 9.90. The van der Waals surface area contributed by atoms with Crippen molar-refractivity contribution >= 4 is 29.1 Å². The minimum atomic E-state index is -0.796. The highest BCUT2D eigenvalue weighted by Gasteiger charge is 2.46. The predicted octanol–water partition coefficient (Wildman–Crippen LogP) is 5.20. The number of Topliss-reactive ketones (excluding diaryl/α,β-unsaturated/α-hetero) is 1. The first kappa shape index (κ1) is 22.6. The quantitative estimate of drug-likeness (QED) is 0.296. The van der Waals surface area contributed by atoms with E-state index in [9.17, 15) is 14.7 Å². The van der Waals surface area contributed by atoms with Crippen molar-refractivity contribution in [1.29, 1.82) is 0 Å². The number of benzene rings is 3. The molecule has 3 aromatic rings. The molecule has 1 unspecified atom stereocenters. The molecule has 6 nitrogen and oxygen atoms in total. The van der Waals surface area contributed by atoms with E-state index in [2.05, 4.69) is 0 Å². The number of rotatable bonds is 7. The molecule has 1 fully saturated rings. The molecule has 0 radical (unpaired) electrons. The molecule has 0 bridgehead atoms. The van der Waals surface area contributed by atoms with Crippen LogP contribution in [0, 0.1) is 0 Å². The van der Waals surface area contributed by atoms with Gasteiger partial charge in [0.25, 0.3) is 11.7 Å². The third-order valence-electron chi connectivity index (χ3n) is 5.35. The van der Waals surface area contributed by atoms with E-state index < -0.39 is 17.7 Å². The summed E-state index contributed by atoms with van der Waals surface area (Å²) >= 11 is 5.96. The Bertz CT molecular complexity index is 1190. The van der Waals surface area contributed by atoms with Crippen molar-refractivity contribution in [3.63, 3.8) is 0 Å². The fourth-order valence-electron chi connectivity index (χ4n) is 3.78. The number of aliphatic hydroxyl groups excluding tert-OH is 1. The fourth-order valence-corrected chi connectivity index (χ4v) is 3.91. The maximum Gasteiger partial charge on any atom is 0.295 e. The average molecular weight is 464 g/mol. The second-order valence-electron chi connectivity index (χ2n) is 7.48. The Kier molecular flexibility index (Phi) is 6.77. The van der Waals surface area contributed by atoms with Crippen molar-refractivity contribution in [2.75, 3.05) is 20.3 Å². The van der Waals surface area contributed by atoms with Crippen LogP contribution in [0.5, 0.6) is 11.5 Å². The Morgan fingerprint density at radius 3 is 2.36 bits per heavy atom. The molecule has 1 aliphatic heterocycles.